The van der Waals surface area contributed by atoms with Gasteiger partial charge in [-0.25, -0.2) is 32.3 Å². The first-order chi connectivity index (χ1) is 18.3. The number of hydrogen-bond donors (Lipinski definition) is 2. The van der Waals surface area contributed by atoms with Gasteiger partial charge in [-0.1, -0.05) is 31.0 Å². The van der Waals surface area contributed by atoms with Crippen molar-refractivity contribution in [1.82, 2.24) is 24.1 Å². The summed E-state index contributed by atoms with van der Waals surface area (Å²) in [5, 5.41) is 0. The molecule has 2 N–H and O–H groups in total. The monoisotopic (exact) mass is 537 g/mol. The number of nitrogens with zero attached hydrogens (tertiary/aromatic N) is 3. The largest absolute Gasteiger partial charge is 0.496 e. The minimum atomic E-state index is -3.91. The van der Waals surface area contributed by atoms with Gasteiger partial charge < -0.3 is 9.47 Å². The Morgan fingerprint density at radius 3 is 2.61 bits per heavy atom. The molecular weight excluding hydrogens is 506 g/mol. The molecule has 5 rings (SSSR count). The molecule has 1 saturated carbocycles. The van der Waals surface area contributed by atoms with Gasteiger partial charge in [0, 0.05) is 18.0 Å². The number of rotatable bonds is 9. The SMILES string of the molecule is CCOc1ccc(S(=O)(=O)NCc2ccccc2OC)cc1-c1nc2c(C3CCCC3)nc(C)n2c(=O)[nH]1. The third kappa shape index (κ3) is 4.91. The highest BCUT2D eigenvalue weighted by atomic mass is 32.2. The lowest BCUT2D eigenvalue weighted by atomic mass is 10.0. The lowest BCUT2D eigenvalue weighted by molar-refractivity contribution is 0.341. The molecule has 0 bridgehead atoms. The van der Waals surface area contributed by atoms with Crippen molar-refractivity contribution in [2.75, 3.05) is 13.7 Å². The zero-order valence-electron chi connectivity index (χ0n) is 21.7. The summed E-state index contributed by atoms with van der Waals surface area (Å²) in [5.41, 5.74) is 2.01. The fourth-order valence-corrected chi connectivity index (χ4v) is 6.06. The van der Waals surface area contributed by atoms with Crippen LogP contribution < -0.4 is 19.9 Å². The zero-order valence-corrected chi connectivity index (χ0v) is 22.5. The number of para-hydroxylation sites is 1. The number of aromatic nitrogens is 4. The van der Waals surface area contributed by atoms with Crippen LogP contribution in [0.4, 0.5) is 0 Å². The van der Waals surface area contributed by atoms with Crippen LogP contribution in [0.25, 0.3) is 17.0 Å². The van der Waals surface area contributed by atoms with Gasteiger partial charge in [0.25, 0.3) is 0 Å². The predicted molar refractivity (Wildman–Crippen MR) is 143 cm³/mol. The first kappa shape index (κ1) is 25.9. The molecule has 1 aliphatic rings. The van der Waals surface area contributed by atoms with E-state index in [1.54, 1.807) is 25.1 Å². The number of imidazole rings is 1. The maximum absolute atomic E-state index is 13.3. The summed E-state index contributed by atoms with van der Waals surface area (Å²) in [6.07, 6.45) is 4.25. The van der Waals surface area contributed by atoms with E-state index in [2.05, 4.69) is 14.7 Å². The number of methoxy groups -OCH3 is 1. The van der Waals surface area contributed by atoms with E-state index >= 15 is 0 Å². The van der Waals surface area contributed by atoms with Crippen molar-refractivity contribution in [3.05, 3.63) is 70.0 Å². The van der Waals surface area contributed by atoms with Gasteiger partial charge >= 0.3 is 5.69 Å². The van der Waals surface area contributed by atoms with Crippen LogP contribution >= 0.6 is 0 Å². The Morgan fingerprint density at radius 2 is 1.87 bits per heavy atom. The van der Waals surface area contributed by atoms with Gasteiger partial charge in [-0.3, -0.25) is 4.98 Å². The summed E-state index contributed by atoms with van der Waals surface area (Å²) < 4.78 is 41.8. The molecule has 11 heteroatoms. The van der Waals surface area contributed by atoms with Crippen LogP contribution in [0.1, 0.15) is 55.6 Å². The topological polar surface area (TPSA) is 128 Å². The van der Waals surface area contributed by atoms with Gasteiger partial charge in [-0.15, -0.1) is 0 Å². The van der Waals surface area contributed by atoms with Crippen molar-refractivity contribution in [3.63, 3.8) is 0 Å². The number of ether oxygens (including phenoxy) is 2. The average molecular weight is 538 g/mol. The summed E-state index contributed by atoms with van der Waals surface area (Å²) in [6.45, 7) is 4.03. The number of hydrogen-bond acceptors (Lipinski definition) is 7. The number of benzene rings is 2. The Kier molecular flexibility index (Phi) is 7.22. The van der Waals surface area contributed by atoms with Crippen LogP contribution in [-0.4, -0.2) is 41.5 Å². The van der Waals surface area contributed by atoms with Crippen LogP contribution in [0.15, 0.2) is 52.2 Å². The summed E-state index contributed by atoms with van der Waals surface area (Å²) in [6, 6.07) is 11.7. The molecule has 0 amide bonds. The van der Waals surface area contributed by atoms with Gasteiger partial charge in [-0.05, 0) is 51.0 Å². The molecule has 0 atom stereocenters. The van der Waals surface area contributed by atoms with Crippen molar-refractivity contribution in [1.29, 1.82) is 0 Å². The number of aryl methyl sites for hydroxylation is 1. The van der Waals surface area contributed by atoms with Crippen LogP contribution in [-0.2, 0) is 16.6 Å². The molecule has 10 nitrogen and oxygen atoms in total. The Balaban J connectivity index is 1.56. The highest BCUT2D eigenvalue weighted by Crippen LogP contribution is 2.36. The molecule has 0 spiro atoms. The molecule has 0 saturated heterocycles. The molecule has 4 aromatic rings. The Morgan fingerprint density at radius 1 is 1.11 bits per heavy atom. The molecule has 0 aliphatic heterocycles. The fourth-order valence-electron chi connectivity index (χ4n) is 5.03. The number of nitrogens with one attached hydrogen (secondary N) is 2. The van der Waals surface area contributed by atoms with E-state index < -0.39 is 10.0 Å². The number of aromatic amines is 1. The molecule has 38 heavy (non-hydrogen) atoms. The third-order valence-electron chi connectivity index (χ3n) is 6.90. The molecular formula is C27H31N5O5S. The van der Waals surface area contributed by atoms with Crippen molar-refractivity contribution in [3.8, 4) is 22.9 Å². The van der Waals surface area contributed by atoms with Gasteiger partial charge in [0.2, 0.25) is 10.0 Å². The van der Waals surface area contributed by atoms with Gasteiger partial charge in [0.05, 0.1) is 29.9 Å². The number of sulfonamides is 1. The molecule has 200 valence electrons. The second-order valence-corrected chi connectivity index (χ2v) is 11.1. The summed E-state index contributed by atoms with van der Waals surface area (Å²) in [7, 11) is -2.38. The molecule has 0 radical (unpaired) electrons. The minimum Gasteiger partial charge on any atom is -0.496 e. The molecule has 2 aromatic carbocycles. The lowest BCUT2D eigenvalue weighted by Crippen LogP contribution is -2.24. The second-order valence-electron chi connectivity index (χ2n) is 9.30. The minimum absolute atomic E-state index is 0.0223. The molecule has 0 unspecified atom stereocenters. The summed E-state index contributed by atoms with van der Waals surface area (Å²) in [4.78, 5) is 25.4. The van der Waals surface area contributed by atoms with Gasteiger partial charge in [-0.2, -0.15) is 0 Å². The maximum atomic E-state index is 13.3. The smallest absolute Gasteiger partial charge is 0.334 e. The van der Waals surface area contributed by atoms with Crippen molar-refractivity contribution >= 4 is 15.7 Å². The average Bonchev–Trinajstić information content (AvgIpc) is 3.56. The lowest BCUT2D eigenvalue weighted by Gasteiger charge is -2.14. The third-order valence-corrected chi connectivity index (χ3v) is 8.30. The molecule has 2 aromatic heterocycles. The first-order valence-corrected chi connectivity index (χ1v) is 14.2. The van der Waals surface area contributed by atoms with E-state index in [1.165, 1.54) is 23.6 Å². The van der Waals surface area contributed by atoms with Gasteiger partial charge in [0.15, 0.2) is 5.65 Å². The Labute approximate surface area is 221 Å². The van der Waals surface area contributed by atoms with E-state index in [0.717, 1.165) is 31.4 Å². The van der Waals surface area contributed by atoms with Crippen molar-refractivity contribution in [2.24, 2.45) is 0 Å². The number of fused-ring (bicyclic) bond motifs is 1. The quantitative estimate of drug-likeness (QED) is 0.331. The maximum Gasteiger partial charge on any atom is 0.334 e. The van der Waals surface area contributed by atoms with Crippen LogP contribution in [0, 0.1) is 6.92 Å². The number of H-pyrrole nitrogens is 1. The van der Waals surface area contributed by atoms with Crippen molar-refractivity contribution < 1.29 is 17.9 Å². The highest BCUT2D eigenvalue weighted by molar-refractivity contribution is 7.89. The molecule has 1 aliphatic carbocycles. The normalized spacial score (nSPS) is 14.3. The van der Waals surface area contributed by atoms with E-state index in [4.69, 9.17) is 14.5 Å². The van der Waals surface area contributed by atoms with E-state index in [0.29, 0.717) is 40.7 Å². The summed E-state index contributed by atoms with van der Waals surface area (Å²) in [5.74, 6) is 2.06. The van der Waals surface area contributed by atoms with Crippen LogP contribution in [0.2, 0.25) is 0 Å². The van der Waals surface area contributed by atoms with Gasteiger partial charge in [0.1, 0.15) is 23.1 Å². The van der Waals surface area contributed by atoms with Crippen LogP contribution in [0.3, 0.4) is 0 Å². The Bertz CT molecular complexity index is 1640. The fraction of sp³-hybridized carbons (Fsp3) is 0.370. The first-order valence-electron chi connectivity index (χ1n) is 12.7. The molecule has 2 heterocycles. The zero-order chi connectivity index (χ0) is 26.9. The van der Waals surface area contributed by atoms with Crippen molar-refractivity contribution in [2.45, 2.75) is 56.9 Å². The second kappa shape index (κ2) is 10.6. The van der Waals surface area contributed by atoms with E-state index in [9.17, 15) is 13.2 Å². The Hall–Kier alpha value is -3.70. The summed E-state index contributed by atoms with van der Waals surface area (Å²) >= 11 is 0. The predicted octanol–water partition coefficient (Wildman–Crippen LogP) is 3.94. The van der Waals surface area contributed by atoms with Crippen LogP contribution in [0.5, 0.6) is 11.5 Å². The van der Waals surface area contributed by atoms with E-state index in [1.807, 2.05) is 19.1 Å². The van der Waals surface area contributed by atoms with E-state index in [-0.39, 0.29) is 28.9 Å². The highest BCUT2D eigenvalue weighted by Gasteiger charge is 2.26. The molecule has 1 fully saturated rings. The standard InChI is InChI=1S/C27H31N5O5S/c1-4-37-23-14-13-20(38(34,35)28-16-19-11-7-8-12-22(19)36-3)15-21(23)25-30-26-24(18-9-5-6-10-18)29-17(2)32(26)27(33)31-25/h7-8,11-15,18,28H,4-6,9-10,16H2,1-3H3,(H,30,31,33).